The second-order valence-electron chi connectivity index (χ2n) is 4.50. The van der Waals surface area contributed by atoms with E-state index in [2.05, 4.69) is 21.2 Å². The first-order chi connectivity index (χ1) is 9.86. The predicted octanol–water partition coefficient (Wildman–Crippen LogP) is 4.73. The Labute approximate surface area is 135 Å². The van der Waals surface area contributed by atoms with Gasteiger partial charge in [0.05, 0.1) is 11.1 Å². The van der Waals surface area contributed by atoms with Crippen molar-refractivity contribution in [2.45, 2.75) is 25.4 Å². The number of unbranched alkanes of at least 4 members (excludes halogenated alkanes) is 2. The fourth-order valence-electron chi connectivity index (χ4n) is 1.79. The van der Waals surface area contributed by atoms with Gasteiger partial charge in [0.15, 0.2) is 0 Å². The number of alkyl halides is 3. The number of hydrogen-bond donors (Lipinski definition) is 1. The van der Waals surface area contributed by atoms with Crippen molar-refractivity contribution in [1.29, 1.82) is 0 Å². The summed E-state index contributed by atoms with van der Waals surface area (Å²) in [6.07, 6.45) is 0.240. The Balaban J connectivity index is 2.62. The van der Waals surface area contributed by atoms with Crippen LogP contribution in [0.4, 0.5) is 13.2 Å². The Bertz CT molecular complexity index is 480. The van der Waals surface area contributed by atoms with Crippen molar-refractivity contribution in [3.63, 3.8) is 0 Å². The Morgan fingerprint density at radius 3 is 2.62 bits per heavy atom. The molecule has 2 nitrogen and oxygen atoms in total. The summed E-state index contributed by atoms with van der Waals surface area (Å²) < 4.78 is 39.0. The molecule has 0 fully saturated rings. The maximum Gasteiger partial charge on any atom is 0.417 e. The number of halogens is 4. The summed E-state index contributed by atoms with van der Waals surface area (Å²) >= 11 is 4.74. The van der Waals surface area contributed by atoms with E-state index in [1.165, 1.54) is 12.1 Å². The van der Waals surface area contributed by atoms with E-state index in [0.717, 1.165) is 31.1 Å². The van der Waals surface area contributed by atoms with E-state index >= 15 is 0 Å². The van der Waals surface area contributed by atoms with Crippen LogP contribution in [-0.2, 0) is 6.18 Å². The van der Waals surface area contributed by atoms with Crippen molar-refractivity contribution in [1.82, 2.24) is 5.32 Å². The highest BCUT2D eigenvalue weighted by molar-refractivity contribution is 9.10. The summed E-state index contributed by atoms with van der Waals surface area (Å²) in [5.41, 5.74) is -1.26. The molecule has 1 aromatic rings. The molecule has 0 saturated carbocycles. The lowest BCUT2D eigenvalue weighted by Crippen LogP contribution is -2.27. The zero-order chi connectivity index (χ0) is 15.9. The van der Waals surface area contributed by atoms with Crippen LogP contribution in [0.15, 0.2) is 22.7 Å². The number of carbonyl (C=O) groups is 1. The number of hydrogen-bond acceptors (Lipinski definition) is 2. The first-order valence-corrected chi connectivity index (χ1v) is 8.69. The average molecular weight is 384 g/mol. The van der Waals surface area contributed by atoms with Gasteiger partial charge in [0.1, 0.15) is 0 Å². The van der Waals surface area contributed by atoms with Gasteiger partial charge < -0.3 is 5.32 Å². The maximum atomic E-state index is 12.9. The largest absolute Gasteiger partial charge is 0.417 e. The Morgan fingerprint density at radius 2 is 2.00 bits per heavy atom. The van der Waals surface area contributed by atoms with Crippen molar-refractivity contribution >= 4 is 33.6 Å². The standard InChI is InChI=1S/C14H17BrF3NOS/c1-21-8-4-2-3-7-19-13(20)11-6-5-10(15)9-12(11)14(16,17)18/h5-6,9H,2-4,7-8H2,1H3,(H,19,20). The molecule has 118 valence electrons. The minimum atomic E-state index is -4.55. The van der Waals surface area contributed by atoms with Gasteiger partial charge in [-0.25, -0.2) is 0 Å². The minimum absolute atomic E-state index is 0.295. The van der Waals surface area contributed by atoms with E-state index in [0.29, 0.717) is 11.0 Å². The van der Waals surface area contributed by atoms with Gasteiger partial charge >= 0.3 is 6.18 Å². The lowest BCUT2D eigenvalue weighted by Gasteiger charge is -2.13. The van der Waals surface area contributed by atoms with Crippen LogP contribution in [0.25, 0.3) is 0 Å². The molecule has 0 heterocycles. The molecule has 7 heteroatoms. The van der Waals surface area contributed by atoms with Gasteiger partial charge in [-0.2, -0.15) is 24.9 Å². The molecule has 0 spiro atoms. The number of rotatable bonds is 7. The average Bonchev–Trinajstić information content (AvgIpc) is 2.41. The molecule has 0 aliphatic heterocycles. The van der Waals surface area contributed by atoms with Gasteiger partial charge in [-0.1, -0.05) is 22.4 Å². The lowest BCUT2D eigenvalue weighted by atomic mass is 10.1. The van der Waals surface area contributed by atoms with Crippen molar-refractivity contribution in [3.05, 3.63) is 33.8 Å². The summed E-state index contributed by atoms with van der Waals surface area (Å²) in [6, 6.07) is 3.55. The number of nitrogens with one attached hydrogen (secondary N) is 1. The second-order valence-corrected chi connectivity index (χ2v) is 6.40. The minimum Gasteiger partial charge on any atom is -0.352 e. The summed E-state index contributed by atoms with van der Waals surface area (Å²) in [5, 5.41) is 2.55. The molecule has 1 rings (SSSR count). The van der Waals surface area contributed by atoms with Gasteiger partial charge in [0, 0.05) is 11.0 Å². The third-order valence-electron chi connectivity index (χ3n) is 2.84. The topological polar surface area (TPSA) is 29.1 Å². The summed E-state index contributed by atoms with van der Waals surface area (Å²) in [7, 11) is 0. The number of amides is 1. The molecular formula is C14H17BrF3NOS. The van der Waals surface area contributed by atoms with Crippen molar-refractivity contribution < 1.29 is 18.0 Å². The van der Waals surface area contributed by atoms with Crippen LogP contribution < -0.4 is 5.32 Å². The van der Waals surface area contributed by atoms with Crippen LogP contribution in [0.2, 0.25) is 0 Å². The quantitative estimate of drug-likeness (QED) is 0.689. The van der Waals surface area contributed by atoms with Crippen LogP contribution in [-0.4, -0.2) is 24.5 Å². The summed E-state index contributed by atoms with van der Waals surface area (Å²) in [5.74, 6) is 0.374. The molecular weight excluding hydrogens is 367 g/mol. The number of thioether (sulfide) groups is 1. The zero-order valence-corrected chi connectivity index (χ0v) is 14.0. The summed E-state index contributed by atoms with van der Waals surface area (Å²) in [6.45, 7) is 0.389. The van der Waals surface area contributed by atoms with E-state index in [9.17, 15) is 18.0 Å². The molecule has 0 atom stereocenters. The first kappa shape index (κ1) is 18.4. The van der Waals surface area contributed by atoms with Gasteiger partial charge in [0.25, 0.3) is 5.91 Å². The summed E-state index contributed by atoms with van der Waals surface area (Å²) in [4.78, 5) is 11.9. The van der Waals surface area contributed by atoms with Gasteiger partial charge in [-0.3, -0.25) is 4.79 Å². The fourth-order valence-corrected chi connectivity index (χ4v) is 2.65. The SMILES string of the molecule is CSCCCCCNC(=O)c1ccc(Br)cc1C(F)(F)F. The number of carbonyl (C=O) groups excluding carboxylic acids is 1. The monoisotopic (exact) mass is 383 g/mol. The first-order valence-electron chi connectivity index (χ1n) is 6.50. The fraction of sp³-hybridized carbons (Fsp3) is 0.500. The smallest absolute Gasteiger partial charge is 0.352 e. The van der Waals surface area contributed by atoms with E-state index in [4.69, 9.17) is 0 Å². The normalized spacial score (nSPS) is 11.5. The predicted molar refractivity (Wildman–Crippen MR) is 83.7 cm³/mol. The highest BCUT2D eigenvalue weighted by atomic mass is 79.9. The Kier molecular flexibility index (Phi) is 7.59. The highest BCUT2D eigenvalue weighted by Crippen LogP contribution is 2.33. The molecule has 1 amide bonds. The van der Waals surface area contributed by atoms with Gasteiger partial charge in [0.2, 0.25) is 0 Å². The Hall–Kier alpha value is -0.690. The Morgan fingerprint density at radius 1 is 1.29 bits per heavy atom. The van der Waals surface area contributed by atoms with E-state index < -0.39 is 17.6 Å². The van der Waals surface area contributed by atoms with Crippen LogP contribution in [0.1, 0.15) is 35.2 Å². The van der Waals surface area contributed by atoms with Crippen molar-refractivity contribution in [3.8, 4) is 0 Å². The van der Waals surface area contributed by atoms with E-state index in [1.807, 2.05) is 6.26 Å². The third kappa shape index (κ3) is 6.30. The molecule has 0 saturated heterocycles. The van der Waals surface area contributed by atoms with E-state index in [-0.39, 0.29) is 5.56 Å². The lowest BCUT2D eigenvalue weighted by molar-refractivity contribution is -0.138. The molecule has 0 aliphatic rings. The van der Waals surface area contributed by atoms with E-state index in [1.54, 1.807) is 11.8 Å². The van der Waals surface area contributed by atoms with Crippen molar-refractivity contribution in [2.24, 2.45) is 0 Å². The highest BCUT2D eigenvalue weighted by Gasteiger charge is 2.35. The molecule has 1 aromatic carbocycles. The molecule has 1 N–H and O–H groups in total. The van der Waals surface area contributed by atoms with Crippen LogP contribution in [0.5, 0.6) is 0 Å². The molecule has 0 bridgehead atoms. The molecule has 0 radical (unpaired) electrons. The van der Waals surface area contributed by atoms with Crippen LogP contribution in [0, 0.1) is 0 Å². The molecule has 0 aromatic heterocycles. The van der Waals surface area contributed by atoms with Crippen LogP contribution in [0.3, 0.4) is 0 Å². The van der Waals surface area contributed by atoms with Crippen molar-refractivity contribution in [2.75, 3.05) is 18.6 Å². The maximum absolute atomic E-state index is 12.9. The zero-order valence-electron chi connectivity index (χ0n) is 11.6. The number of benzene rings is 1. The second kappa shape index (κ2) is 8.68. The molecule has 0 unspecified atom stereocenters. The molecule has 0 aliphatic carbocycles. The third-order valence-corrected chi connectivity index (χ3v) is 4.03. The van der Waals surface area contributed by atoms with Crippen LogP contribution >= 0.6 is 27.7 Å². The van der Waals surface area contributed by atoms with Gasteiger partial charge in [-0.05, 0) is 43.0 Å². The van der Waals surface area contributed by atoms with Gasteiger partial charge in [-0.15, -0.1) is 0 Å². The molecule has 21 heavy (non-hydrogen) atoms.